The maximum Gasteiger partial charge on any atom is 0.220 e. The number of nitrogens with one attached hydrogen (secondary N) is 1. The minimum atomic E-state index is 0.205. The molecule has 0 aromatic carbocycles. The average Bonchev–Trinajstić information content (AvgIpc) is 2.71. The number of hydrogen-bond donors (Lipinski definition) is 1. The Morgan fingerprint density at radius 3 is 3.23 bits per heavy atom. The Labute approximate surface area is 85.7 Å². The smallest absolute Gasteiger partial charge is 0.220 e. The zero-order chi connectivity index (χ0) is 9.10. The minimum absolute atomic E-state index is 0.205. The number of carbonyl (C=O) groups is 1. The molecular weight excluding hydrogens is 202 g/mol. The van der Waals surface area contributed by atoms with Crippen LogP contribution in [-0.2, 0) is 4.79 Å². The van der Waals surface area contributed by atoms with Crippen molar-refractivity contribution < 1.29 is 4.79 Å². The highest BCUT2D eigenvalue weighted by molar-refractivity contribution is 8.01. The number of thioether (sulfide) groups is 1. The maximum atomic E-state index is 10.9. The van der Waals surface area contributed by atoms with E-state index >= 15 is 0 Å². The molecule has 1 amide bonds. The Kier molecular flexibility index (Phi) is 2.90. The lowest BCUT2D eigenvalue weighted by Gasteiger charge is -2.07. The van der Waals surface area contributed by atoms with Gasteiger partial charge in [-0.3, -0.25) is 4.79 Å². The number of hydrogen-bond acceptors (Lipinski definition) is 3. The van der Waals surface area contributed by atoms with Gasteiger partial charge >= 0.3 is 0 Å². The van der Waals surface area contributed by atoms with E-state index < -0.39 is 0 Å². The first-order chi connectivity index (χ1) is 6.34. The Morgan fingerprint density at radius 1 is 1.69 bits per heavy atom. The SMILES string of the molecule is O=C1CCC(CSc2cccs2)N1. The van der Waals surface area contributed by atoms with Gasteiger partial charge in [0.1, 0.15) is 0 Å². The summed E-state index contributed by atoms with van der Waals surface area (Å²) in [7, 11) is 0. The lowest BCUT2D eigenvalue weighted by atomic mass is 10.2. The van der Waals surface area contributed by atoms with Crippen LogP contribution in [0, 0.1) is 0 Å². The second kappa shape index (κ2) is 4.15. The molecule has 0 aliphatic carbocycles. The summed E-state index contributed by atoms with van der Waals surface area (Å²) in [5.74, 6) is 1.21. The summed E-state index contributed by atoms with van der Waals surface area (Å²) in [4.78, 5) is 10.9. The highest BCUT2D eigenvalue weighted by atomic mass is 32.2. The first kappa shape index (κ1) is 9.09. The van der Waals surface area contributed by atoms with E-state index in [1.54, 1.807) is 11.3 Å². The topological polar surface area (TPSA) is 29.1 Å². The fourth-order valence-corrected chi connectivity index (χ4v) is 3.21. The third kappa shape index (κ3) is 2.48. The maximum absolute atomic E-state index is 10.9. The van der Waals surface area contributed by atoms with Crippen LogP contribution >= 0.6 is 23.1 Å². The van der Waals surface area contributed by atoms with Crippen molar-refractivity contribution in [2.45, 2.75) is 23.1 Å². The highest BCUT2D eigenvalue weighted by Crippen LogP contribution is 2.25. The normalized spacial score (nSPS) is 21.8. The van der Waals surface area contributed by atoms with Crippen LogP contribution in [0.5, 0.6) is 0 Å². The minimum Gasteiger partial charge on any atom is -0.353 e. The Balaban J connectivity index is 1.77. The molecule has 0 radical (unpaired) electrons. The molecule has 1 saturated heterocycles. The van der Waals surface area contributed by atoms with Crippen LogP contribution in [-0.4, -0.2) is 17.7 Å². The van der Waals surface area contributed by atoms with E-state index in [1.807, 2.05) is 11.8 Å². The number of amides is 1. The van der Waals surface area contributed by atoms with Gasteiger partial charge in [-0.2, -0.15) is 0 Å². The number of thiophene rings is 1. The van der Waals surface area contributed by atoms with Crippen molar-refractivity contribution in [2.75, 3.05) is 5.75 Å². The summed E-state index contributed by atoms with van der Waals surface area (Å²) in [5, 5.41) is 5.04. The highest BCUT2D eigenvalue weighted by Gasteiger charge is 2.20. The van der Waals surface area contributed by atoms with Crippen LogP contribution in [0.2, 0.25) is 0 Å². The van der Waals surface area contributed by atoms with Crippen molar-refractivity contribution in [1.82, 2.24) is 5.32 Å². The number of carbonyl (C=O) groups excluding carboxylic acids is 1. The largest absolute Gasteiger partial charge is 0.353 e. The molecular formula is C9H11NOS2. The predicted octanol–water partition coefficient (Wildman–Crippen LogP) is 2.12. The van der Waals surface area contributed by atoms with E-state index in [0.29, 0.717) is 12.5 Å². The van der Waals surface area contributed by atoms with Crippen molar-refractivity contribution in [3.63, 3.8) is 0 Å². The molecule has 70 valence electrons. The molecule has 2 rings (SSSR count). The van der Waals surface area contributed by atoms with Crippen LogP contribution in [0.1, 0.15) is 12.8 Å². The molecule has 13 heavy (non-hydrogen) atoms. The summed E-state index contributed by atoms with van der Waals surface area (Å²) < 4.78 is 1.33. The molecule has 1 aliphatic heterocycles. The van der Waals surface area contributed by atoms with Gasteiger partial charge in [0.25, 0.3) is 0 Å². The lowest BCUT2D eigenvalue weighted by Crippen LogP contribution is -2.27. The fourth-order valence-electron chi connectivity index (χ4n) is 1.33. The summed E-state index contributed by atoms with van der Waals surface area (Å²) in [5.41, 5.74) is 0. The second-order valence-corrected chi connectivity index (χ2v) is 5.31. The van der Waals surface area contributed by atoms with Gasteiger partial charge < -0.3 is 5.32 Å². The summed E-state index contributed by atoms with van der Waals surface area (Å²) in [6.45, 7) is 0. The molecule has 1 aliphatic rings. The molecule has 1 fully saturated rings. The quantitative estimate of drug-likeness (QED) is 0.779. The predicted molar refractivity (Wildman–Crippen MR) is 56.2 cm³/mol. The first-order valence-electron chi connectivity index (χ1n) is 4.30. The molecule has 1 atom stereocenters. The summed E-state index contributed by atoms with van der Waals surface area (Å²) in [6.07, 6.45) is 1.70. The molecule has 2 nitrogen and oxygen atoms in total. The van der Waals surface area contributed by atoms with Crippen molar-refractivity contribution in [3.8, 4) is 0 Å². The van der Waals surface area contributed by atoms with Gasteiger partial charge in [0.2, 0.25) is 5.91 Å². The third-order valence-electron chi connectivity index (χ3n) is 2.01. The van der Waals surface area contributed by atoms with Crippen LogP contribution in [0.25, 0.3) is 0 Å². The zero-order valence-corrected chi connectivity index (χ0v) is 8.79. The van der Waals surface area contributed by atoms with E-state index in [2.05, 4.69) is 22.8 Å². The standard InChI is InChI=1S/C9H11NOS2/c11-8-4-3-7(10-8)6-13-9-2-1-5-12-9/h1-2,5,7H,3-4,6H2,(H,10,11). The molecule has 1 aromatic heterocycles. The molecule has 4 heteroatoms. The van der Waals surface area contributed by atoms with Crippen LogP contribution in [0.3, 0.4) is 0 Å². The van der Waals surface area contributed by atoms with E-state index in [0.717, 1.165) is 12.2 Å². The second-order valence-electron chi connectivity index (χ2n) is 3.05. The monoisotopic (exact) mass is 213 g/mol. The zero-order valence-electron chi connectivity index (χ0n) is 7.16. The van der Waals surface area contributed by atoms with Crippen LogP contribution < -0.4 is 5.32 Å². The summed E-state index contributed by atoms with van der Waals surface area (Å²) in [6, 6.07) is 4.56. The molecule has 1 unspecified atom stereocenters. The van der Waals surface area contributed by atoms with Crippen molar-refractivity contribution in [1.29, 1.82) is 0 Å². The Hall–Kier alpha value is -0.480. The Bertz CT molecular complexity index is 284. The van der Waals surface area contributed by atoms with Gasteiger partial charge in [-0.05, 0) is 17.9 Å². The third-order valence-corrected chi connectivity index (χ3v) is 4.30. The number of rotatable bonds is 3. The molecule has 2 heterocycles. The first-order valence-corrected chi connectivity index (χ1v) is 6.17. The lowest BCUT2D eigenvalue weighted by molar-refractivity contribution is -0.119. The van der Waals surface area contributed by atoms with Gasteiger partial charge in [0.05, 0.1) is 4.21 Å². The average molecular weight is 213 g/mol. The van der Waals surface area contributed by atoms with Gasteiger partial charge in [0, 0.05) is 18.2 Å². The van der Waals surface area contributed by atoms with E-state index in [9.17, 15) is 4.79 Å². The van der Waals surface area contributed by atoms with Crippen molar-refractivity contribution >= 4 is 29.0 Å². The molecule has 0 spiro atoms. The fraction of sp³-hybridized carbons (Fsp3) is 0.444. The van der Waals surface area contributed by atoms with Crippen LogP contribution in [0.4, 0.5) is 0 Å². The van der Waals surface area contributed by atoms with Crippen molar-refractivity contribution in [2.24, 2.45) is 0 Å². The van der Waals surface area contributed by atoms with Crippen molar-refractivity contribution in [3.05, 3.63) is 17.5 Å². The van der Waals surface area contributed by atoms with E-state index in [1.165, 1.54) is 4.21 Å². The summed E-state index contributed by atoms with van der Waals surface area (Å²) >= 11 is 3.59. The van der Waals surface area contributed by atoms with Gasteiger partial charge in [0.15, 0.2) is 0 Å². The van der Waals surface area contributed by atoms with Crippen LogP contribution in [0.15, 0.2) is 21.7 Å². The van der Waals surface area contributed by atoms with Gasteiger partial charge in [-0.1, -0.05) is 6.07 Å². The molecule has 1 N–H and O–H groups in total. The van der Waals surface area contributed by atoms with Gasteiger partial charge in [-0.15, -0.1) is 23.1 Å². The van der Waals surface area contributed by atoms with E-state index in [4.69, 9.17) is 0 Å². The Morgan fingerprint density at radius 2 is 2.62 bits per heavy atom. The van der Waals surface area contributed by atoms with Gasteiger partial charge in [-0.25, -0.2) is 0 Å². The molecule has 1 aromatic rings. The molecule has 0 bridgehead atoms. The van der Waals surface area contributed by atoms with E-state index in [-0.39, 0.29) is 5.91 Å². The molecule has 0 saturated carbocycles.